The number of aromatic hydroxyl groups is 3. The highest BCUT2D eigenvalue weighted by Gasteiger charge is 2.36. The van der Waals surface area contributed by atoms with Gasteiger partial charge in [0, 0.05) is 25.7 Å². The molecule has 4 aromatic rings. The van der Waals surface area contributed by atoms with Gasteiger partial charge in [-0.1, -0.05) is 80.6 Å². The van der Waals surface area contributed by atoms with Gasteiger partial charge in [0.15, 0.2) is 0 Å². The molecule has 92 heavy (non-hydrogen) atoms. The minimum absolute atomic E-state index is 0.0801. The van der Waals surface area contributed by atoms with Crippen LogP contribution in [0.15, 0.2) is 103 Å². The highest BCUT2D eigenvalue weighted by molar-refractivity contribution is 6.00. The van der Waals surface area contributed by atoms with Gasteiger partial charge in [0.1, 0.15) is 65.6 Å². The van der Waals surface area contributed by atoms with Crippen LogP contribution in [0.25, 0.3) is 0 Å². The Morgan fingerprint density at radius 2 is 0.739 bits per heavy atom. The first-order chi connectivity index (χ1) is 43.5. The minimum Gasteiger partial charge on any atom is -0.508 e. The molecule has 9 atom stereocenters. The number of nitrogens with one attached hydrogen (secondary N) is 9. The summed E-state index contributed by atoms with van der Waals surface area (Å²) in [5, 5.41) is 79.9. The molecule has 4 rings (SSSR count). The van der Waals surface area contributed by atoms with Gasteiger partial charge in [-0.25, -0.2) is 4.79 Å². The fourth-order valence-electron chi connectivity index (χ4n) is 8.96. The third kappa shape index (κ3) is 25.8. The number of nitrogens with two attached hydrogens (primary N) is 3. The van der Waals surface area contributed by atoms with Crippen molar-refractivity contribution in [2.75, 3.05) is 13.1 Å². The number of phenolic OH excluding ortho intramolecular Hbond substituents is 3. The first-order valence-electron chi connectivity index (χ1n) is 29.0. The van der Waals surface area contributed by atoms with Crippen LogP contribution in [0.3, 0.4) is 0 Å². The summed E-state index contributed by atoms with van der Waals surface area (Å²) in [4.78, 5) is 173. The molecule has 0 fully saturated rings. The van der Waals surface area contributed by atoms with Gasteiger partial charge in [-0.05, 0) is 90.4 Å². The lowest BCUT2D eigenvalue weighted by Crippen LogP contribution is -2.60. The Morgan fingerprint density at radius 1 is 0.402 bits per heavy atom. The summed E-state index contributed by atoms with van der Waals surface area (Å²) in [7, 11) is 0. The molecule has 31 heteroatoms. The summed E-state index contributed by atoms with van der Waals surface area (Å²) in [5.74, 6) is -16.5. The maximum absolute atomic E-state index is 14.5. The molecule has 21 N–H and O–H groups in total. The van der Waals surface area contributed by atoms with Crippen molar-refractivity contribution in [1.29, 1.82) is 0 Å². The summed E-state index contributed by atoms with van der Waals surface area (Å²) in [6.45, 7) is 2.48. The Balaban J connectivity index is 1.57. The Hall–Kier alpha value is -10.7. The van der Waals surface area contributed by atoms with Gasteiger partial charge in [0.25, 0.3) is 0 Å². The minimum atomic E-state index is -2.06. The first kappa shape index (κ1) is 73.8. The molecule has 0 aromatic heterocycles. The van der Waals surface area contributed by atoms with Crippen LogP contribution in [0.1, 0.15) is 74.6 Å². The lowest BCUT2D eigenvalue weighted by Gasteiger charge is -2.27. The smallest absolute Gasteiger partial charge is 0.326 e. The van der Waals surface area contributed by atoms with Crippen LogP contribution in [-0.2, 0) is 88.0 Å². The van der Waals surface area contributed by atoms with E-state index in [2.05, 4.69) is 47.9 Å². The number of carbonyl (C=O) groups is 13. The number of primary amides is 1. The third-order valence-electron chi connectivity index (χ3n) is 14.0. The van der Waals surface area contributed by atoms with Gasteiger partial charge in [-0.3, -0.25) is 57.5 Å². The van der Waals surface area contributed by atoms with E-state index >= 15 is 0 Å². The highest BCUT2D eigenvalue weighted by atomic mass is 16.4. The van der Waals surface area contributed by atoms with E-state index in [9.17, 15) is 93.0 Å². The SMILES string of the molecule is CC(C)[C@H](N)C(=O)N[C@@H](Cc1ccc(O)cc1)C(=O)N[C@@H](Cc1ccc(O)cc1)C(=O)N[C@@H](CCCCN)C(=O)N[C@@H](CC(N)=O)C(=O)N[C@@H](CC(=O)O)C(=O)NCC(=O)N[C@@H](Cc1ccc(O)cc1)C(=O)N[C@@H](Cc1ccccc1)C(=O)N[C@@H](CC(=O)O)C(=O)O. The van der Waals surface area contributed by atoms with Crippen LogP contribution in [0.4, 0.5) is 0 Å². The first-order valence-corrected chi connectivity index (χ1v) is 29.0. The Labute approximate surface area is 527 Å². The van der Waals surface area contributed by atoms with Crippen molar-refractivity contribution in [3.63, 3.8) is 0 Å². The Morgan fingerprint density at radius 3 is 1.13 bits per heavy atom. The normalized spacial score (nSPS) is 13.9. The second kappa shape index (κ2) is 36.7. The van der Waals surface area contributed by atoms with Crippen molar-refractivity contribution >= 4 is 77.0 Å². The molecule has 10 amide bonds. The number of benzene rings is 4. The molecule has 0 aliphatic heterocycles. The van der Waals surface area contributed by atoms with E-state index in [0.717, 1.165) is 0 Å². The number of aliphatic carboxylic acids is 3. The van der Waals surface area contributed by atoms with Gasteiger partial charge in [-0.2, -0.15) is 0 Å². The molecule has 4 aromatic carbocycles. The highest BCUT2D eigenvalue weighted by Crippen LogP contribution is 2.17. The van der Waals surface area contributed by atoms with Gasteiger partial charge in [0.05, 0.1) is 31.8 Å². The second-order valence-corrected chi connectivity index (χ2v) is 21.8. The number of hydrogen-bond acceptors (Lipinski definition) is 18. The monoisotopic (exact) mass is 1280 g/mol. The van der Waals surface area contributed by atoms with E-state index in [-0.39, 0.29) is 68.2 Å². The zero-order valence-corrected chi connectivity index (χ0v) is 50.3. The number of carbonyl (C=O) groups excluding carboxylic acids is 10. The topological polar surface area (TPSA) is 530 Å². The molecule has 0 radical (unpaired) electrons. The molecule has 496 valence electrons. The number of hydrogen-bond donors (Lipinski definition) is 18. The standard InChI is InChI=1S/C61H78N12O19/c1-32(2)52(64)60(90)72-44(27-36-15-21-39(76)22-16-36)57(87)69-43(26-35-13-19-38(75)20-14-35)56(86)67-40(10-6-7-23-62)54(84)70-45(28-48(63)77)59(89)71-46(29-50(79)80)53(83)65-31-49(78)66-41(25-34-11-17-37(74)18-12-34)55(85)68-42(24-33-8-4-3-5-9-33)58(88)73-47(61(91)92)30-51(81)82/h3-5,8-9,11-22,32,40-47,52,74-76H,6-7,10,23-31,62,64H2,1-2H3,(H2,63,77)(H,65,83)(H,66,78)(H,67,86)(H,68,85)(H,69,87)(H,70,84)(H,71,89)(H,72,90)(H,73,88)(H,79,80)(H,81,82)(H,91,92)/t40-,41-,42-,43-,44-,45-,46-,47-,52-/m0/s1. The largest absolute Gasteiger partial charge is 0.508 e. The lowest BCUT2D eigenvalue weighted by molar-refractivity contribution is -0.147. The maximum Gasteiger partial charge on any atom is 0.326 e. The number of amides is 10. The van der Waals surface area contributed by atoms with E-state index in [4.69, 9.17) is 17.2 Å². The van der Waals surface area contributed by atoms with Gasteiger partial charge in [-0.15, -0.1) is 0 Å². The predicted molar refractivity (Wildman–Crippen MR) is 326 cm³/mol. The van der Waals surface area contributed by atoms with E-state index in [1.807, 2.05) is 0 Å². The molecule has 0 heterocycles. The summed E-state index contributed by atoms with van der Waals surface area (Å²) in [6.07, 6.45) is -3.92. The zero-order valence-electron chi connectivity index (χ0n) is 50.3. The number of unbranched alkanes of at least 4 members (excludes halogenated alkanes) is 1. The van der Waals surface area contributed by atoms with Crippen molar-refractivity contribution in [3.05, 3.63) is 125 Å². The second-order valence-electron chi connectivity index (χ2n) is 21.8. The predicted octanol–water partition coefficient (Wildman–Crippen LogP) is -2.91. The molecular formula is C61H78N12O19. The van der Waals surface area contributed by atoms with Crippen molar-refractivity contribution < 1.29 is 93.0 Å². The summed E-state index contributed by atoms with van der Waals surface area (Å²) < 4.78 is 0. The van der Waals surface area contributed by atoms with Crippen molar-refractivity contribution in [1.82, 2.24) is 47.9 Å². The van der Waals surface area contributed by atoms with Crippen molar-refractivity contribution in [3.8, 4) is 17.2 Å². The zero-order chi connectivity index (χ0) is 68.2. The number of rotatable bonds is 38. The maximum atomic E-state index is 14.5. The van der Waals surface area contributed by atoms with Crippen molar-refractivity contribution in [2.45, 2.75) is 132 Å². The molecule has 0 aliphatic carbocycles. The molecule has 0 bridgehead atoms. The average Bonchev–Trinajstić information content (AvgIpc) is 2.04. The van der Waals surface area contributed by atoms with E-state index in [0.29, 0.717) is 28.7 Å². The van der Waals surface area contributed by atoms with E-state index in [1.165, 1.54) is 72.8 Å². The summed E-state index contributed by atoms with van der Waals surface area (Å²) in [6, 6.07) is 9.90. The molecule has 0 saturated heterocycles. The molecule has 31 nitrogen and oxygen atoms in total. The van der Waals surface area contributed by atoms with E-state index in [1.54, 1.807) is 44.2 Å². The number of carboxylic acids is 3. The molecule has 0 saturated carbocycles. The fourth-order valence-corrected chi connectivity index (χ4v) is 8.96. The number of carboxylic acid groups (broad SMARTS) is 3. The quantitative estimate of drug-likeness (QED) is 0.0200. The molecule has 0 unspecified atom stereocenters. The number of phenols is 3. The van der Waals surface area contributed by atoms with Crippen LogP contribution in [0, 0.1) is 5.92 Å². The fraction of sp³-hybridized carbons (Fsp3) is 0.393. The summed E-state index contributed by atoms with van der Waals surface area (Å²) in [5.41, 5.74) is 19.0. The van der Waals surface area contributed by atoms with Gasteiger partial charge in [0.2, 0.25) is 59.1 Å². The molecule has 0 spiro atoms. The third-order valence-corrected chi connectivity index (χ3v) is 14.0. The van der Waals surface area contributed by atoms with Crippen LogP contribution in [0.2, 0.25) is 0 Å². The van der Waals surface area contributed by atoms with Crippen LogP contribution < -0.4 is 65.1 Å². The molecule has 0 aliphatic rings. The van der Waals surface area contributed by atoms with E-state index < -0.39 is 157 Å². The average molecular weight is 1280 g/mol. The summed E-state index contributed by atoms with van der Waals surface area (Å²) >= 11 is 0. The lowest BCUT2D eigenvalue weighted by atomic mass is 10.00. The van der Waals surface area contributed by atoms with Crippen LogP contribution in [0.5, 0.6) is 17.2 Å². The van der Waals surface area contributed by atoms with Crippen molar-refractivity contribution in [2.24, 2.45) is 23.1 Å². The molecular weight excluding hydrogens is 1200 g/mol. The Bertz CT molecular complexity index is 3230. The Kier molecular flexibility index (Phi) is 29.4. The van der Waals surface area contributed by atoms with Gasteiger partial charge < -0.3 is 95.7 Å². The van der Waals surface area contributed by atoms with Gasteiger partial charge >= 0.3 is 17.9 Å². The van der Waals surface area contributed by atoms with Crippen LogP contribution >= 0.6 is 0 Å². The van der Waals surface area contributed by atoms with Crippen LogP contribution in [-0.4, -0.2) is 175 Å².